The van der Waals surface area contributed by atoms with Gasteiger partial charge in [-0.1, -0.05) is 6.92 Å². The first-order valence-corrected chi connectivity index (χ1v) is 5.07. The Morgan fingerprint density at radius 2 is 1.93 bits per heavy atom. The van der Waals surface area contributed by atoms with Crippen molar-refractivity contribution >= 4 is 6.41 Å². The second-order valence-corrected chi connectivity index (χ2v) is 3.47. The highest BCUT2D eigenvalue weighted by Gasteiger charge is 1.88. The fourth-order valence-electron chi connectivity index (χ4n) is 0.738. The molecule has 0 saturated heterocycles. The molecular weight excluding hydrogens is 190 g/mol. The first-order valence-electron chi connectivity index (χ1n) is 5.07. The lowest BCUT2D eigenvalue weighted by molar-refractivity contribution is -0.109. The number of aromatic nitrogens is 2. The van der Waals surface area contributed by atoms with E-state index in [0.717, 1.165) is 17.8 Å². The molecule has 0 bridgehead atoms. The Kier molecular flexibility index (Phi) is 7.14. The van der Waals surface area contributed by atoms with Gasteiger partial charge in [-0.25, -0.2) is 9.97 Å². The Morgan fingerprint density at radius 1 is 1.40 bits per heavy atom. The van der Waals surface area contributed by atoms with Crippen LogP contribution in [0.1, 0.15) is 32.2 Å². The van der Waals surface area contributed by atoms with E-state index in [1.807, 2.05) is 40.1 Å². The first-order chi connectivity index (χ1) is 7.10. The quantitative estimate of drug-likeness (QED) is 0.767. The van der Waals surface area contributed by atoms with E-state index in [-0.39, 0.29) is 6.04 Å². The summed E-state index contributed by atoms with van der Waals surface area (Å²) < 4.78 is 0. The molecule has 0 aliphatic carbocycles. The number of nitrogens with zero attached hydrogens (tertiary/aromatic N) is 2. The summed E-state index contributed by atoms with van der Waals surface area (Å²) in [5, 5.41) is 2.53. The van der Waals surface area contributed by atoms with Gasteiger partial charge in [0.1, 0.15) is 5.82 Å². The Morgan fingerprint density at radius 3 is 2.20 bits per heavy atom. The minimum Gasteiger partial charge on any atom is -0.357 e. The summed E-state index contributed by atoms with van der Waals surface area (Å²) in [5.41, 5.74) is 1.12. The van der Waals surface area contributed by atoms with Gasteiger partial charge in [0.2, 0.25) is 6.41 Å². The zero-order valence-corrected chi connectivity index (χ0v) is 9.82. The van der Waals surface area contributed by atoms with Gasteiger partial charge >= 0.3 is 0 Å². The van der Waals surface area contributed by atoms with Crippen LogP contribution < -0.4 is 5.32 Å². The van der Waals surface area contributed by atoms with Crippen LogP contribution >= 0.6 is 0 Å². The van der Waals surface area contributed by atoms with Crippen LogP contribution in [0.4, 0.5) is 0 Å². The molecule has 15 heavy (non-hydrogen) atoms. The van der Waals surface area contributed by atoms with Gasteiger partial charge in [0.15, 0.2) is 0 Å². The van der Waals surface area contributed by atoms with E-state index in [0.29, 0.717) is 6.41 Å². The van der Waals surface area contributed by atoms with Crippen LogP contribution in [0, 0.1) is 6.92 Å². The molecule has 0 fully saturated rings. The molecule has 0 saturated carbocycles. The van der Waals surface area contributed by atoms with Crippen molar-refractivity contribution in [3.63, 3.8) is 0 Å². The van der Waals surface area contributed by atoms with Gasteiger partial charge in [-0.3, -0.25) is 4.79 Å². The Balaban J connectivity index is 0.000000288. The van der Waals surface area contributed by atoms with E-state index in [2.05, 4.69) is 15.3 Å². The molecule has 1 N–H and O–H groups in total. The Bertz CT molecular complexity index is 270. The lowest BCUT2D eigenvalue weighted by Crippen LogP contribution is -2.19. The number of aryl methyl sites for hydroxylation is 2. The lowest BCUT2D eigenvalue weighted by atomic mass is 10.4. The molecule has 1 aromatic rings. The molecule has 0 spiro atoms. The summed E-state index contributed by atoms with van der Waals surface area (Å²) in [6, 6.07) is 0.280. The third-order valence-electron chi connectivity index (χ3n) is 1.55. The maximum Gasteiger partial charge on any atom is 0.207 e. The molecule has 0 aliphatic heterocycles. The van der Waals surface area contributed by atoms with E-state index in [9.17, 15) is 4.79 Å². The zero-order chi connectivity index (χ0) is 11.7. The van der Waals surface area contributed by atoms with Crippen LogP contribution in [-0.4, -0.2) is 22.4 Å². The summed E-state index contributed by atoms with van der Waals surface area (Å²) >= 11 is 0. The molecule has 4 heteroatoms. The summed E-state index contributed by atoms with van der Waals surface area (Å²) in [5.74, 6) is 0.917. The largest absolute Gasteiger partial charge is 0.357 e. The average Bonchev–Trinajstić information content (AvgIpc) is 2.20. The molecule has 1 amide bonds. The van der Waals surface area contributed by atoms with Crippen molar-refractivity contribution in [3.05, 3.63) is 23.8 Å². The van der Waals surface area contributed by atoms with Crippen molar-refractivity contribution in [1.29, 1.82) is 0 Å². The third kappa shape index (κ3) is 7.61. The Labute approximate surface area is 91.1 Å². The molecule has 1 heterocycles. The molecule has 4 nitrogen and oxygen atoms in total. The molecule has 1 aromatic heterocycles. The summed E-state index contributed by atoms with van der Waals surface area (Å²) in [6.45, 7) is 7.85. The minimum absolute atomic E-state index is 0.280. The van der Waals surface area contributed by atoms with Crippen molar-refractivity contribution < 1.29 is 4.79 Å². The molecule has 0 unspecified atom stereocenters. The standard InChI is InChI=1S/C7H10N2.C4H9NO/c1-3-7-8-4-6(2)5-9-7;1-4(2)5-3-6/h4-5H,3H2,1-2H3;3-4H,1-2H3,(H,5,6). The van der Waals surface area contributed by atoms with Gasteiger partial charge in [0.25, 0.3) is 0 Å². The second kappa shape index (κ2) is 7.91. The fourth-order valence-corrected chi connectivity index (χ4v) is 0.738. The number of nitrogens with one attached hydrogen (secondary N) is 1. The van der Waals surface area contributed by atoms with Gasteiger partial charge < -0.3 is 5.32 Å². The highest BCUT2D eigenvalue weighted by Crippen LogP contribution is 1.92. The van der Waals surface area contributed by atoms with Crippen LogP contribution in [0.25, 0.3) is 0 Å². The number of rotatable bonds is 3. The maximum absolute atomic E-state index is 9.50. The molecule has 0 radical (unpaired) electrons. The summed E-state index contributed by atoms with van der Waals surface area (Å²) in [6.07, 6.45) is 5.29. The molecule has 0 aromatic carbocycles. The van der Waals surface area contributed by atoms with Gasteiger partial charge in [0.05, 0.1) is 0 Å². The first kappa shape index (κ1) is 13.5. The van der Waals surface area contributed by atoms with Crippen molar-refractivity contribution in [3.8, 4) is 0 Å². The SMILES string of the molecule is CC(C)NC=O.CCc1ncc(C)cn1. The van der Waals surface area contributed by atoms with Crippen LogP contribution in [0.3, 0.4) is 0 Å². The topological polar surface area (TPSA) is 54.9 Å². The minimum atomic E-state index is 0.280. The van der Waals surface area contributed by atoms with Gasteiger partial charge in [-0.15, -0.1) is 0 Å². The molecular formula is C11H19N3O. The van der Waals surface area contributed by atoms with Gasteiger partial charge in [0, 0.05) is 24.9 Å². The molecule has 0 aliphatic rings. The van der Waals surface area contributed by atoms with Crippen LogP contribution in [0.5, 0.6) is 0 Å². The van der Waals surface area contributed by atoms with Crippen LogP contribution in [0.2, 0.25) is 0 Å². The van der Waals surface area contributed by atoms with Gasteiger partial charge in [-0.05, 0) is 26.3 Å². The molecule has 84 valence electrons. The Hall–Kier alpha value is -1.45. The third-order valence-corrected chi connectivity index (χ3v) is 1.55. The van der Waals surface area contributed by atoms with E-state index in [1.165, 1.54) is 0 Å². The highest BCUT2D eigenvalue weighted by molar-refractivity contribution is 5.46. The number of carbonyl (C=O) groups is 1. The van der Waals surface area contributed by atoms with E-state index in [4.69, 9.17) is 0 Å². The number of carbonyl (C=O) groups excluding carboxylic acids is 1. The monoisotopic (exact) mass is 209 g/mol. The number of hydrogen-bond donors (Lipinski definition) is 1. The maximum atomic E-state index is 9.50. The predicted molar refractivity (Wildman–Crippen MR) is 60.5 cm³/mol. The number of hydrogen-bond acceptors (Lipinski definition) is 3. The lowest BCUT2D eigenvalue weighted by Gasteiger charge is -1.96. The van der Waals surface area contributed by atoms with E-state index in [1.54, 1.807) is 0 Å². The summed E-state index contributed by atoms with van der Waals surface area (Å²) in [7, 11) is 0. The highest BCUT2D eigenvalue weighted by atomic mass is 16.1. The normalized spacial score (nSPS) is 9.13. The fraction of sp³-hybridized carbons (Fsp3) is 0.545. The van der Waals surface area contributed by atoms with Crippen LogP contribution in [-0.2, 0) is 11.2 Å². The van der Waals surface area contributed by atoms with E-state index < -0.39 is 0 Å². The molecule has 1 rings (SSSR count). The van der Waals surface area contributed by atoms with Crippen molar-refractivity contribution in [2.75, 3.05) is 0 Å². The van der Waals surface area contributed by atoms with Crippen molar-refractivity contribution in [1.82, 2.24) is 15.3 Å². The van der Waals surface area contributed by atoms with Crippen molar-refractivity contribution in [2.24, 2.45) is 0 Å². The van der Waals surface area contributed by atoms with Gasteiger partial charge in [-0.2, -0.15) is 0 Å². The smallest absolute Gasteiger partial charge is 0.207 e. The second-order valence-electron chi connectivity index (χ2n) is 3.47. The zero-order valence-electron chi connectivity index (χ0n) is 9.82. The number of amides is 1. The average molecular weight is 209 g/mol. The van der Waals surface area contributed by atoms with E-state index >= 15 is 0 Å². The predicted octanol–water partition coefficient (Wildman–Crippen LogP) is 1.49. The van der Waals surface area contributed by atoms with Crippen molar-refractivity contribution in [2.45, 2.75) is 40.2 Å². The summed E-state index contributed by atoms with van der Waals surface area (Å²) in [4.78, 5) is 17.7. The van der Waals surface area contributed by atoms with Crippen LogP contribution in [0.15, 0.2) is 12.4 Å². The molecule has 0 atom stereocenters.